The molecule has 142 valence electrons. The van der Waals surface area contributed by atoms with Gasteiger partial charge in [0.15, 0.2) is 23.0 Å². The Morgan fingerprint density at radius 3 is 2.41 bits per heavy atom. The summed E-state index contributed by atoms with van der Waals surface area (Å²) in [5, 5.41) is 3.45. The monoisotopic (exact) mass is 370 g/mol. The third kappa shape index (κ3) is 2.79. The lowest BCUT2D eigenvalue weighted by Gasteiger charge is -2.28. The Kier molecular flexibility index (Phi) is 4.43. The van der Waals surface area contributed by atoms with Crippen LogP contribution >= 0.6 is 0 Å². The third-order valence-corrected chi connectivity index (χ3v) is 4.87. The lowest BCUT2D eigenvalue weighted by molar-refractivity contribution is 0.256. The summed E-state index contributed by atoms with van der Waals surface area (Å²) in [6.45, 7) is 1.21. The Hall–Kier alpha value is -3.09. The summed E-state index contributed by atoms with van der Waals surface area (Å²) >= 11 is 0. The zero-order valence-corrected chi connectivity index (χ0v) is 15.8. The van der Waals surface area contributed by atoms with Crippen molar-refractivity contribution in [2.75, 3.05) is 46.9 Å². The van der Waals surface area contributed by atoms with Crippen LogP contribution in [0.5, 0.6) is 28.7 Å². The second-order valence-electron chi connectivity index (χ2n) is 6.29. The zero-order chi connectivity index (χ0) is 19.0. The van der Waals surface area contributed by atoms with Gasteiger partial charge in [-0.2, -0.15) is 0 Å². The quantitative estimate of drug-likeness (QED) is 0.891. The highest BCUT2D eigenvalue weighted by molar-refractivity contribution is 6.09. The average molecular weight is 370 g/mol. The van der Waals surface area contributed by atoms with Gasteiger partial charge in [-0.3, -0.25) is 0 Å². The number of nitrogens with one attached hydrogen (secondary N) is 1. The van der Waals surface area contributed by atoms with Crippen LogP contribution in [0.1, 0.15) is 5.56 Å². The van der Waals surface area contributed by atoms with E-state index in [-0.39, 0.29) is 5.92 Å². The molecular formula is C20H22N2O5. The number of fused-ring (bicyclic) bond motifs is 4. The molecule has 7 heteroatoms. The number of hydrogen-bond acceptors (Lipinski definition) is 7. The van der Waals surface area contributed by atoms with Gasteiger partial charge in [-0.1, -0.05) is 0 Å². The molecule has 2 aromatic rings. The Labute approximate surface area is 157 Å². The van der Waals surface area contributed by atoms with Crippen molar-refractivity contribution < 1.29 is 23.7 Å². The van der Waals surface area contributed by atoms with Gasteiger partial charge < -0.3 is 29.0 Å². The maximum absolute atomic E-state index is 6.03. The molecular weight excluding hydrogens is 348 g/mol. The summed E-state index contributed by atoms with van der Waals surface area (Å²) in [6.07, 6.45) is 0. The minimum atomic E-state index is 0.111. The normalized spacial score (nSPS) is 17.0. The number of anilines is 1. The predicted molar refractivity (Wildman–Crippen MR) is 103 cm³/mol. The van der Waals surface area contributed by atoms with Gasteiger partial charge in [0.1, 0.15) is 0 Å². The lowest BCUT2D eigenvalue weighted by Crippen LogP contribution is -2.33. The van der Waals surface area contributed by atoms with E-state index >= 15 is 0 Å². The first-order valence-corrected chi connectivity index (χ1v) is 8.66. The predicted octanol–water partition coefficient (Wildman–Crippen LogP) is 3.28. The van der Waals surface area contributed by atoms with E-state index in [0.717, 1.165) is 22.6 Å². The molecule has 0 bridgehead atoms. The maximum Gasteiger partial charge on any atom is 0.203 e. The molecule has 0 unspecified atom stereocenters. The van der Waals surface area contributed by atoms with Crippen LogP contribution in [0.2, 0.25) is 0 Å². The van der Waals surface area contributed by atoms with Gasteiger partial charge in [-0.05, 0) is 12.1 Å². The van der Waals surface area contributed by atoms with Crippen LogP contribution in [0.4, 0.5) is 11.4 Å². The first kappa shape index (κ1) is 17.3. The van der Waals surface area contributed by atoms with E-state index in [2.05, 4.69) is 5.32 Å². The van der Waals surface area contributed by atoms with Crippen molar-refractivity contribution in [3.63, 3.8) is 0 Å². The summed E-state index contributed by atoms with van der Waals surface area (Å²) in [7, 11) is 6.46. The molecule has 0 amide bonds. The standard InChI is InChI=1S/C20H22N2O5/c1-23-15-6-5-12-18-11(10-27-19(12)20(15)26-4)9-21-13-7-16(24-2)17(25-3)8-14(13)22-18/h5-8,11,21H,9-10H2,1-4H3/t11-/m0/s1. The Balaban J connectivity index is 1.87. The summed E-state index contributed by atoms with van der Waals surface area (Å²) < 4.78 is 27.8. The van der Waals surface area contributed by atoms with Crippen LogP contribution in [0.3, 0.4) is 0 Å². The number of nitrogens with zero attached hydrogens (tertiary/aromatic N) is 1. The molecule has 27 heavy (non-hydrogen) atoms. The summed E-state index contributed by atoms with van der Waals surface area (Å²) in [4.78, 5) is 4.96. The fourth-order valence-electron chi connectivity index (χ4n) is 3.50. The second kappa shape index (κ2) is 6.90. The van der Waals surface area contributed by atoms with Crippen LogP contribution in [0, 0.1) is 5.92 Å². The summed E-state index contributed by atoms with van der Waals surface area (Å²) in [5.41, 5.74) is 3.56. The highest BCUT2D eigenvalue weighted by atomic mass is 16.5. The van der Waals surface area contributed by atoms with Crippen molar-refractivity contribution in [3.05, 3.63) is 29.8 Å². The van der Waals surface area contributed by atoms with Crippen molar-refractivity contribution in [3.8, 4) is 28.7 Å². The van der Waals surface area contributed by atoms with Crippen LogP contribution in [-0.4, -0.2) is 47.3 Å². The van der Waals surface area contributed by atoms with Gasteiger partial charge in [0, 0.05) is 24.2 Å². The van der Waals surface area contributed by atoms with E-state index < -0.39 is 0 Å². The highest BCUT2D eigenvalue weighted by Crippen LogP contribution is 2.46. The Morgan fingerprint density at radius 1 is 0.963 bits per heavy atom. The van der Waals surface area contributed by atoms with E-state index in [1.807, 2.05) is 24.3 Å². The Bertz CT molecular complexity index is 910. The van der Waals surface area contributed by atoms with Crippen molar-refractivity contribution in [2.45, 2.75) is 0 Å². The lowest BCUT2D eigenvalue weighted by atomic mass is 9.93. The topological polar surface area (TPSA) is 70.5 Å². The smallest absolute Gasteiger partial charge is 0.203 e. The van der Waals surface area contributed by atoms with Crippen molar-refractivity contribution in [2.24, 2.45) is 10.9 Å². The Morgan fingerprint density at radius 2 is 1.70 bits per heavy atom. The molecule has 1 N–H and O–H groups in total. The number of rotatable bonds is 4. The number of aliphatic imine (C=N–C) groups is 1. The third-order valence-electron chi connectivity index (χ3n) is 4.87. The first-order chi connectivity index (χ1) is 13.2. The van der Waals surface area contributed by atoms with Crippen LogP contribution in [-0.2, 0) is 0 Å². The highest BCUT2D eigenvalue weighted by Gasteiger charge is 2.32. The first-order valence-electron chi connectivity index (χ1n) is 8.66. The van der Waals surface area contributed by atoms with Crippen LogP contribution < -0.4 is 29.0 Å². The van der Waals surface area contributed by atoms with E-state index in [1.54, 1.807) is 28.4 Å². The van der Waals surface area contributed by atoms with Crippen molar-refractivity contribution in [1.29, 1.82) is 0 Å². The van der Waals surface area contributed by atoms with E-state index in [0.29, 0.717) is 41.9 Å². The number of benzene rings is 2. The molecule has 0 saturated heterocycles. The number of ether oxygens (including phenoxy) is 5. The van der Waals surface area contributed by atoms with Crippen molar-refractivity contribution >= 4 is 17.1 Å². The largest absolute Gasteiger partial charge is 0.493 e. The molecule has 2 aliphatic heterocycles. The molecule has 0 fully saturated rings. The van der Waals surface area contributed by atoms with Gasteiger partial charge in [-0.25, -0.2) is 4.99 Å². The minimum absolute atomic E-state index is 0.111. The average Bonchev–Trinajstić information content (AvgIpc) is 2.90. The maximum atomic E-state index is 6.03. The van der Waals surface area contributed by atoms with Crippen LogP contribution in [0.25, 0.3) is 0 Å². The molecule has 0 radical (unpaired) electrons. The zero-order valence-electron chi connectivity index (χ0n) is 15.8. The molecule has 2 aliphatic rings. The molecule has 2 heterocycles. The number of methoxy groups -OCH3 is 4. The molecule has 7 nitrogen and oxygen atoms in total. The SMILES string of the molecule is COc1cc2c(cc1OC)NC[C@H]1COc3c(ccc(OC)c3OC)C1=N2. The molecule has 2 aromatic carbocycles. The van der Waals surface area contributed by atoms with E-state index in [1.165, 1.54) is 0 Å². The molecule has 0 spiro atoms. The van der Waals surface area contributed by atoms with Gasteiger partial charge in [0.2, 0.25) is 5.75 Å². The fourth-order valence-corrected chi connectivity index (χ4v) is 3.50. The minimum Gasteiger partial charge on any atom is -0.493 e. The van der Waals surface area contributed by atoms with Gasteiger partial charge in [0.25, 0.3) is 0 Å². The molecule has 4 rings (SSSR count). The fraction of sp³-hybridized carbons (Fsp3) is 0.350. The molecule has 1 atom stereocenters. The van der Waals surface area contributed by atoms with Crippen molar-refractivity contribution in [1.82, 2.24) is 0 Å². The van der Waals surface area contributed by atoms with Crippen LogP contribution in [0.15, 0.2) is 29.3 Å². The summed E-state index contributed by atoms with van der Waals surface area (Å²) in [6, 6.07) is 7.63. The summed E-state index contributed by atoms with van der Waals surface area (Å²) in [5.74, 6) is 3.29. The molecule has 0 aromatic heterocycles. The molecule has 0 saturated carbocycles. The molecule has 0 aliphatic carbocycles. The van der Waals surface area contributed by atoms with Gasteiger partial charge in [0.05, 0.1) is 58.1 Å². The van der Waals surface area contributed by atoms with Gasteiger partial charge in [-0.15, -0.1) is 0 Å². The van der Waals surface area contributed by atoms with E-state index in [4.69, 9.17) is 28.7 Å². The van der Waals surface area contributed by atoms with E-state index in [9.17, 15) is 0 Å². The second-order valence-corrected chi connectivity index (χ2v) is 6.29. The van der Waals surface area contributed by atoms with Gasteiger partial charge >= 0.3 is 0 Å². The number of hydrogen-bond donors (Lipinski definition) is 1.